The van der Waals surface area contributed by atoms with Crippen LogP contribution in [0.25, 0.3) is 11.6 Å². The van der Waals surface area contributed by atoms with E-state index in [2.05, 4.69) is 42.1 Å². The Labute approximate surface area is 150 Å². The Balaban J connectivity index is 0.000000359. The Bertz CT molecular complexity index is 847. The lowest BCUT2D eigenvalue weighted by Gasteiger charge is -2.08. The van der Waals surface area contributed by atoms with Gasteiger partial charge in [-0.2, -0.15) is 17.7 Å². The highest BCUT2D eigenvalue weighted by Crippen LogP contribution is 2.20. The van der Waals surface area contributed by atoms with Gasteiger partial charge in [0.1, 0.15) is 0 Å². The molecular formula is C18H18F3NO3S. The molecule has 0 N–H and O–H groups in total. The minimum atomic E-state index is -6.09. The molecule has 1 aromatic heterocycles. The Kier molecular flexibility index (Phi) is 7.73. The summed E-state index contributed by atoms with van der Waals surface area (Å²) in [6.07, 6.45) is 4.90. The monoisotopic (exact) mass is 385 g/mol. The summed E-state index contributed by atoms with van der Waals surface area (Å²) in [5, 5.41) is 0. The summed E-state index contributed by atoms with van der Waals surface area (Å²) >= 11 is 0. The standard InChI is InChI=1S/C17H18N.CHF3O3S/c1-3-17-11-7-8-13-18(17)14-12-15(2)16-9-5-4-6-10-16;2-1(3,4)8(5,6)7/h3-11,13H,1-2,12,14H2;(H,5,6,7)/q+1;/p-1. The molecular weight excluding hydrogens is 367 g/mol. The number of benzene rings is 1. The molecule has 8 heteroatoms. The molecule has 0 atom stereocenters. The first-order chi connectivity index (χ1) is 12.1. The van der Waals surface area contributed by atoms with Crippen LogP contribution in [0.15, 0.2) is 67.9 Å². The van der Waals surface area contributed by atoms with Crippen LogP contribution in [0, 0.1) is 0 Å². The van der Waals surface area contributed by atoms with Gasteiger partial charge in [0.05, 0.1) is 0 Å². The zero-order chi connectivity index (χ0) is 19.8. The molecule has 140 valence electrons. The predicted octanol–water partition coefficient (Wildman–Crippen LogP) is 3.77. The predicted molar refractivity (Wildman–Crippen MR) is 92.6 cm³/mol. The van der Waals surface area contributed by atoms with Crippen molar-refractivity contribution in [3.05, 3.63) is 79.1 Å². The van der Waals surface area contributed by atoms with Crippen LogP contribution in [0.1, 0.15) is 17.7 Å². The molecule has 2 aromatic rings. The Morgan fingerprint density at radius 3 is 2.15 bits per heavy atom. The van der Waals surface area contributed by atoms with Gasteiger partial charge < -0.3 is 4.55 Å². The highest BCUT2D eigenvalue weighted by Gasteiger charge is 2.36. The number of pyridine rings is 1. The zero-order valence-electron chi connectivity index (χ0n) is 13.8. The fourth-order valence-electron chi connectivity index (χ4n) is 1.95. The van der Waals surface area contributed by atoms with Crippen LogP contribution in [0.4, 0.5) is 13.2 Å². The van der Waals surface area contributed by atoms with E-state index >= 15 is 0 Å². The minimum absolute atomic E-state index is 0.927. The van der Waals surface area contributed by atoms with Crippen molar-refractivity contribution in [2.24, 2.45) is 0 Å². The molecule has 2 rings (SSSR count). The summed E-state index contributed by atoms with van der Waals surface area (Å²) in [4.78, 5) is 0. The first-order valence-electron chi connectivity index (χ1n) is 7.42. The fraction of sp³-hybridized carbons (Fsp3) is 0.167. The molecule has 4 nitrogen and oxygen atoms in total. The van der Waals surface area contributed by atoms with Gasteiger partial charge in [-0.15, -0.1) is 0 Å². The lowest BCUT2D eigenvalue weighted by molar-refractivity contribution is -0.697. The van der Waals surface area contributed by atoms with Crippen molar-refractivity contribution < 1.29 is 30.7 Å². The van der Waals surface area contributed by atoms with E-state index in [-0.39, 0.29) is 0 Å². The van der Waals surface area contributed by atoms with Crippen LogP contribution in [-0.4, -0.2) is 18.5 Å². The van der Waals surface area contributed by atoms with Gasteiger partial charge in [0, 0.05) is 24.6 Å². The van der Waals surface area contributed by atoms with Gasteiger partial charge in [-0.3, -0.25) is 0 Å². The third kappa shape index (κ3) is 6.81. The number of hydrogen-bond acceptors (Lipinski definition) is 3. The van der Waals surface area contributed by atoms with E-state index in [1.54, 1.807) is 0 Å². The van der Waals surface area contributed by atoms with Crippen LogP contribution < -0.4 is 4.57 Å². The van der Waals surface area contributed by atoms with Crippen molar-refractivity contribution in [2.45, 2.75) is 18.5 Å². The number of aryl methyl sites for hydroxylation is 1. The third-order valence-corrected chi connectivity index (χ3v) is 3.87. The quantitative estimate of drug-likeness (QED) is 0.447. The average Bonchev–Trinajstić information content (AvgIpc) is 2.59. The lowest BCUT2D eigenvalue weighted by atomic mass is 10.0. The van der Waals surface area contributed by atoms with Gasteiger partial charge in [0.15, 0.2) is 22.9 Å². The normalized spacial score (nSPS) is 11.2. The molecule has 1 aromatic carbocycles. The topological polar surface area (TPSA) is 61.1 Å². The first kappa shape index (κ1) is 21.6. The van der Waals surface area contributed by atoms with Crippen molar-refractivity contribution >= 4 is 21.8 Å². The summed E-state index contributed by atoms with van der Waals surface area (Å²) in [5.74, 6) is 0. The second kappa shape index (κ2) is 9.30. The number of hydrogen-bond donors (Lipinski definition) is 0. The van der Waals surface area contributed by atoms with Crippen LogP contribution >= 0.6 is 0 Å². The van der Waals surface area contributed by atoms with Gasteiger partial charge in [-0.1, -0.05) is 43.5 Å². The first-order valence-corrected chi connectivity index (χ1v) is 8.83. The number of allylic oxidation sites excluding steroid dienone is 1. The molecule has 0 aliphatic heterocycles. The summed E-state index contributed by atoms with van der Waals surface area (Å²) in [6, 6.07) is 16.5. The molecule has 26 heavy (non-hydrogen) atoms. The smallest absolute Gasteiger partial charge is 0.485 e. The van der Waals surface area contributed by atoms with Gasteiger partial charge in [-0.05, 0) is 17.2 Å². The summed E-state index contributed by atoms with van der Waals surface area (Å²) in [5.41, 5.74) is -2.12. The number of alkyl halides is 3. The van der Waals surface area contributed by atoms with Gasteiger partial charge in [0.2, 0.25) is 5.69 Å². The molecule has 0 saturated carbocycles. The number of aromatic nitrogens is 1. The molecule has 1 heterocycles. The van der Waals surface area contributed by atoms with Gasteiger partial charge in [-0.25, -0.2) is 8.42 Å². The van der Waals surface area contributed by atoms with Crippen molar-refractivity contribution in [3.8, 4) is 0 Å². The average molecular weight is 385 g/mol. The van der Waals surface area contributed by atoms with Crippen molar-refractivity contribution in [3.63, 3.8) is 0 Å². The van der Waals surface area contributed by atoms with E-state index in [9.17, 15) is 13.2 Å². The number of halogens is 3. The summed E-state index contributed by atoms with van der Waals surface area (Å²) in [6.45, 7) is 8.92. The van der Waals surface area contributed by atoms with Crippen LogP contribution in [0.3, 0.4) is 0 Å². The summed E-state index contributed by atoms with van der Waals surface area (Å²) in [7, 11) is -6.09. The maximum atomic E-state index is 10.7. The zero-order valence-corrected chi connectivity index (χ0v) is 14.6. The second-order valence-electron chi connectivity index (χ2n) is 5.14. The fourth-order valence-corrected chi connectivity index (χ4v) is 1.95. The van der Waals surface area contributed by atoms with E-state index in [1.165, 1.54) is 11.1 Å². The van der Waals surface area contributed by atoms with E-state index in [0.717, 1.165) is 18.7 Å². The molecule has 0 bridgehead atoms. The van der Waals surface area contributed by atoms with E-state index in [1.807, 2.05) is 36.4 Å². The van der Waals surface area contributed by atoms with Crippen molar-refractivity contribution in [2.75, 3.05) is 0 Å². The Morgan fingerprint density at radius 2 is 1.65 bits per heavy atom. The van der Waals surface area contributed by atoms with Crippen LogP contribution in [-0.2, 0) is 16.7 Å². The molecule has 0 aliphatic rings. The SMILES string of the molecule is C=Cc1cccc[n+]1CCC(=C)c1ccccc1.O=S(=O)([O-])C(F)(F)F. The number of rotatable bonds is 5. The molecule has 0 aliphatic carbocycles. The van der Waals surface area contributed by atoms with E-state index in [0.29, 0.717) is 0 Å². The van der Waals surface area contributed by atoms with E-state index in [4.69, 9.17) is 13.0 Å². The van der Waals surface area contributed by atoms with Crippen molar-refractivity contribution in [1.29, 1.82) is 0 Å². The third-order valence-electron chi connectivity index (χ3n) is 3.30. The largest absolute Gasteiger partial charge is 0.741 e. The van der Waals surface area contributed by atoms with Gasteiger partial charge in [0.25, 0.3) is 0 Å². The molecule has 0 amide bonds. The molecule has 0 unspecified atom stereocenters. The number of nitrogens with zero attached hydrogens (tertiary/aromatic N) is 1. The molecule has 0 saturated heterocycles. The maximum Gasteiger partial charge on any atom is 0.485 e. The highest BCUT2D eigenvalue weighted by molar-refractivity contribution is 7.86. The van der Waals surface area contributed by atoms with E-state index < -0.39 is 15.6 Å². The van der Waals surface area contributed by atoms with Crippen molar-refractivity contribution in [1.82, 2.24) is 0 Å². The Morgan fingerprint density at radius 1 is 1.12 bits per heavy atom. The molecule has 0 spiro atoms. The lowest BCUT2D eigenvalue weighted by Crippen LogP contribution is -2.36. The maximum absolute atomic E-state index is 10.7. The Hall–Kier alpha value is -2.45. The molecule has 0 radical (unpaired) electrons. The van der Waals surface area contributed by atoms with Gasteiger partial charge >= 0.3 is 5.51 Å². The van der Waals surface area contributed by atoms with Crippen LogP contribution in [0.2, 0.25) is 0 Å². The highest BCUT2D eigenvalue weighted by atomic mass is 32.2. The summed E-state index contributed by atoms with van der Waals surface area (Å²) < 4.78 is 61.1. The minimum Gasteiger partial charge on any atom is -0.741 e. The second-order valence-corrected chi connectivity index (χ2v) is 6.51. The molecule has 0 fully saturated rings. The van der Waals surface area contributed by atoms with Crippen LogP contribution in [0.5, 0.6) is 0 Å².